The Morgan fingerprint density at radius 1 is 0.727 bits per heavy atom. The summed E-state index contributed by atoms with van der Waals surface area (Å²) in [6.45, 7) is 11.5. The van der Waals surface area contributed by atoms with Crippen LogP contribution < -0.4 is 5.32 Å². The van der Waals surface area contributed by atoms with Crippen LogP contribution >= 0.6 is 0 Å². The van der Waals surface area contributed by atoms with Crippen LogP contribution in [0.2, 0.25) is 0 Å². The van der Waals surface area contributed by atoms with Gasteiger partial charge < -0.3 is 5.32 Å². The maximum atomic E-state index is 10.1. The third-order valence-corrected chi connectivity index (χ3v) is 3.90. The van der Waals surface area contributed by atoms with Gasteiger partial charge in [0.1, 0.15) is 0 Å². The molecule has 0 fully saturated rings. The molecule has 0 aromatic carbocycles. The van der Waals surface area contributed by atoms with Crippen LogP contribution in [0.3, 0.4) is 0 Å². The van der Waals surface area contributed by atoms with E-state index >= 15 is 0 Å². The molecule has 0 spiro atoms. The highest BCUT2D eigenvalue weighted by Crippen LogP contribution is 2.10. The zero-order valence-electron chi connectivity index (χ0n) is 14.4. The molecule has 1 N–H and O–H groups in total. The van der Waals surface area contributed by atoms with Gasteiger partial charge in [-0.3, -0.25) is 9.69 Å². The number of hydrogen-bond acceptors (Lipinski definition) is 2. The molecule has 0 rings (SSSR count). The third kappa shape index (κ3) is 15.3. The first-order valence-electron chi connectivity index (χ1n) is 8.96. The zero-order valence-corrected chi connectivity index (χ0v) is 14.4. The second kappa shape index (κ2) is 18.0. The fourth-order valence-electron chi connectivity index (χ4n) is 2.66. The number of nitrogens with one attached hydrogen (secondary N) is 1. The maximum absolute atomic E-state index is 10.1. The molecule has 0 aliphatic rings. The fourth-order valence-corrected chi connectivity index (χ4v) is 2.66. The summed E-state index contributed by atoms with van der Waals surface area (Å²) in [7, 11) is 0. The van der Waals surface area contributed by atoms with Gasteiger partial charge in [0.15, 0.2) is 0 Å². The van der Waals surface area contributed by atoms with Gasteiger partial charge in [-0.25, -0.2) is 0 Å². The summed E-state index contributed by atoms with van der Waals surface area (Å²) >= 11 is 0. The molecule has 3 heteroatoms. The summed E-state index contributed by atoms with van der Waals surface area (Å²) in [6.07, 6.45) is 17.8. The van der Waals surface area contributed by atoms with Crippen molar-refractivity contribution in [2.45, 2.75) is 64.2 Å². The molecule has 0 aliphatic carbocycles. The summed E-state index contributed by atoms with van der Waals surface area (Å²) in [4.78, 5) is 12.5. The predicted molar refractivity (Wildman–Crippen MR) is 97.1 cm³/mol. The van der Waals surface area contributed by atoms with Gasteiger partial charge >= 0.3 is 0 Å². The molecule has 0 radical (unpaired) electrons. The standard InChI is InChI=1S/C19H36N2O/c1-3-16-21(17-4-2)18-14-12-10-8-6-5-7-9-11-13-15-20-19-22/h3-4,19H,1-2,5-18H2,(H,20,22). The Kier molecular flexibility index (Phi) is 17.1. The highest BCUT2D eigenvalue weighted by atomic mass is 16.1. The number of nitrogens with zero attached hydrogens (tertiary/aromatic N) is 1. The Labute approximate surface area is 137 Å². The number of carbonyl (C=O) groups is 1. The minimum Gasteiger partial charge on any atom is -0.359 e. The van der Waals surface area contributed by atoms with E-state index in [0.717, 1.165) is 39.0 Å². The zero-order chi connectivity index (χ0) is 16.3. The largest absolute Gasteiger partial charge is 0.359 e. The molecule has 0 saturated carbocycles. The summed E-state index contributed by atoms with van der Waals surface area (Å²) in [5.74, 6) is 0. The molecule has 0 aromatic rings. The van der Waals surface area contributed by atoms with Crippen molar-refractivity contribution >= 4 is 6.41 Å². The van der Waals surface area contributed by atoms with E-state index < -0.39 is 0 Å². The van der Waals surface area contributed by atoms with Gasteiger partial charge in [-0.05, 0) is 19.4 Å². The van der Waals surface area contributed by atoms with E-state index in [1.165, 1.54) is 57.8 Å². The lowest BCUT2D eigenvalue weighted by Crippen LogP contribution is -2.24. The molecule has 0 heterocycles. The minimum atomic E-state index is 0.786. The normalized spacial score (nSPS) is 10.6. The fraction of sp³-hybridized carbons (Fsp3) is 0.737. The topological polar surface area (TPSA) is 32.3 Å². The SMILES string of the molecule is C=CCN(CC=C)CCCCCCCCCCCCNC=O. The molecular weight excluding hydrogens is 272 g/mol. The first-order valence-corrected chi connectivity index (χ1v) is 8.96. The molecule has 0 aliphatic heterocycles. The van der Waals surface area contributed by atoms with Crippen molar-refractivity contribution in [3.8, 4) is 0 Å². The molecule has 128 valence electrons. The first-order chi connectivity index (χ1) is 10.8. The highest BCUT2D eigenvalue weighted by molar-refractivity contribution is 5.45. The second-order valence-corrected chi connectivity index (χ2v) is 5.94. The Morgan fingerprint density at radius 3 is 1.64 bits per heavy atom. The predicted octanol–water partition coefficient (Wildman–Crippen LogP) is 4.31. The van der Waals surface area contributed by atoms with Gasteiger partial charge in [-0.1, -0.05) is 63.5 Å². The van der Waals surface area contributed by atoms with E-state index in [1.54, 1.807) is 0 Å². The van der Waals surface area contributed by atoms with Crippen LogP contribution in [0.5, 0.6) is 0 Å². The van der Waals surface area contributed by atoms with Crippen molar-refractivity contribution in [1.29, 1.82) is 0 Å². The third-order valence-electron chi connectivity index (χ3n) is 3.90. The van der Waals surface area contributed by atoms with E-state index in [2.05, 4.69) is 23.4 Å². The highest BCUT2D eigenvalue weighted by Gasteiger charge is 1.99. The lowest BCUT2D eigenvalue weighted by molar-refractivity contribution is -0.109. The molecule has 0 atom stereocenters. The maximum Gasteiger partial charge on any atom is 0.207 e. The van der Waals surface area contributed by atoms with Gasteiger partial charge in [0.25, 0.3) is 0 Å². The molecule has 0 unspecified atom stereocenters. The van der Waals surface area contributed by atoms with E-state index in [-0.39, 0.29) is 0 Å². The molecule has 22 heavy (non-hydrogen) atoms. The van der Waals surface area contributed by atoms with E-state index in [9.17, 15) is 4.79 Å². The van der Waals surface area contributed by atoms with Gasteiger partial charge in [-0.15, -0.1) is 13.2 Å². The van der Waals surface area contributed by atoms with Crippen LogP contribution in [0.15, 0.2) is 25.3 Å². The van der Waals surface area contributed by atoms with E-state index in [1.807, 2.05) is 12.2 Å². The Bertz CT molecular complexity index is 256. The average Bonchev–Trinajstić information content (AvgIpc) is 2.52. The van der Waals surface area contributed by atoms with Crippen molar-refractivity contribution in [3.05, 3.63) is 25.3 Å². The quantitative estimate of drug-likeness (QED) is 0.232. The number of carbonyl (C=O) groups excluding carboxylic acids is 1. The van der Waals surface area contributed by atoms with Crippen molar-refractivity contribution in [2.24, 2.45) is 0 Å². The summed E-state index contributed by atoms with van der Waals surface area (Å²) < 4.78 is 0. The minimum absolute atomic E-state index is 0.786. The second-order valence-electron chi connectivity index (χ2n) is 5.94. The van der Waals surface area contributed by atoms with Crippen LogP contribution in [0.1, 0.15) is 64.2 Å². The lowest BCUT2D eigenvalue weighted by atomic mass is 10.1. The summed E-state index contributed by atoms with van der Waals surface area (Å²) in [6, 6.07) is 0. The van der Waals surface area contributed by atoms with Gasteiger partial charge in [0.2, 0.25) is 6.41 Å². The number of amides is 1. The molecule has 0 saturated heterocycles. The molecular formula is C19H36N2O. The summed E-state index contributed by atoms with van der Waals surface area (Å²) in [5.41, 5.74) is 0. The molecule has 0 bridgehead atoms. The molecule has 3 nitrogen and oxygen atoms in total. The number of hydrogen-bond donors (Lipinski definition) is 1. The number of unbranched alkanes of at least 4 members (excludes halogenated alkanes) is 9. The van der Waals surface area contributed by atoms with Gasteiger partial charge in [0.05, 0.1) is 0 Å². The van der Waals surface area contributed by atoms with Crippen LogP contribution in [-0.2, 0) is 4.79 Å². The summed E-state index contributed by atoms with van der Waals surface area (Å²) in [5, 5.41) is 2.71. The smallest absolute Gasteiger partial charge is 0.207 e. The Hall–Kier alpha value is -1.09. The number of rotatable bonds is 18. The van der Waals surface area contributed by atoms with Crippen LogP contribution in [0.25, 0.3) is 0 Å². The molecule has 1 amide bonds. The van der Waals surface area contributed by atoms with Crippen LogP contribution in [-0.4, -0.2) is 37.5 Å². The Balaban J connectivity index is 3.20. The van der Waals surface area contributed by atoms with Crippen LogP contribution in [0, 0.1) is 0 Å². The van der Waals surface area contributed by atoms with E-state index in [4.69, 9.17) is 0 Å². The Morgan fingerprint density at radius 2 is 1.18 bits per heavy atom. The lowest BCUT2D eigenvalue weighted by Gasteiger charge is -2.18. The average molecular weight is 309 g/mol. The van der Waals surface area contributed by atoms with Crippen molar-refractivity contribution in [2.75, 3.05) is 26.2 Å². The van der Waals surface area contributed by atoms with Crippen LogP contribution in [0.4, 0.5) is 0 Å². The van der Waals surface area contributed by atoms with E-state index in [0.29, 0.717) is 0 Å². The van der Waals surface area contributed by atoms with Crippen molar-refractivity contribution in [1.82, 2.24) is 10.2 Å². The van der Waals surface area contributed by atoms with Crippen molar-refractivity contribution in [3.63, 3.8) is 0 Å². The van der Waals surface area contributed by atoms with Crippen molar-refractivity contribution < 1.29 is 4.79 Å². The monoisotopic (exact) mass is 308 g/mol. The van der Waals surface area contributed by atoms with Gasteiger partial charge in [0, 0.05) is 19.6 Å². The first kappa shape index (κ1) is 20.9. The molecule has 0 aromatic heterocycles. The van der Waals surface area contributed by atoms with Gasteiger partial charge in [-0.2, -0.15) is 0 Å².